The second kappa shape index (κ2) is 11.3. The van der Waals surface area contributed by atoms with E-state index in [1.165, 1.54) is 51.7 Å². The molecule has 0 radical (unpaired) electrons. The second-order valence-corrected chi connectivity index (χ2v) is 6.21. The van der Waals surface area contributed by atoms with Gasteiger partial charge in [0.15, 0.2) is 18.1 Å². The fourth-order valence-corrected chi connectivity index (χ4v) is 2.65. The number of hydrogen-bond donors (Lipinski definition) is 1. The van der Waals surface area contributed by atoms with E-state index >= 15 is 0 Å². The van der Waals surface area contributed by atoms with E-state index in [0.29, 0.717) is 18.1 Å². The maximum absolute atomic E-state index is 12.3. The topological polar surface area (TPSA) is 126 Å². The Bertz CT molecular complexity index is 982. The summed E-state index contributed by atoms with van der Waals surface area (Å²) in [7, 11) is 3.84. The van der Waals surface area contributed by atoms with Crippen molar-refractivity contribution >= 4 is 29.5 Å². The first kappa shape index (κ1) is 24.2. The van der Waals surface area contributed by atoms with Crippen molar-refractivity contribution < 1.29 is 42.9 Å². The van der Waals surface area contributed by atoms with E-state index < -0.39 is 30.4 Å². The van der Waals surface area contributed by atoms with Crippen LogP contribution in [0.1, 0.15) is 38.0 Å². The normalized spacial score (nSPS) is 10.0. The Balaban J connectivity index is 2.09. The predicted octanol–water partition coefficient (Wildman–Crippen LogP) is 2.46. The number of amides is 1. The molecule has 0 fully saturated rings. The molecule has 0 aliphatic rings. The molecule has 2 aromatic rings. The minimum atomic E-state index is -0.748. The first-order valence-corrected chi connectivity index (χ1v) is 9.42. The van der Waals surface area contributed by atoms with Crippen LogP contribution in [0, 0.1) is 0 Å². The van der Waals surface area contributed by atoms with Crippen LogP contribution in [0.2, 0.25) is 0 Å². The van der Waals surface area contributed by atoms with E-state index in [0.717, 1.165) is 0 Å². The number of hydrogen-bond acceptors (Lipinski definition) is 9. The van der Waals surface area contributed by atoms with Gasteiger partial charge in [-0.15, -0.1) is 0 Å². The van der Waals surface area contributed by atoms with Gasteiger partial charge in [0.25, 0.3) is 5.91 Å². The summed E-state index contributed by atoms with van der Waals surface area (Å²) in [6, 6.07) is 8.38. The lowest BCUT2D eigenvalue weighted by atomic mass is 10.1. The van der Waals surface area contributed by atoms with Gasteiger partial charge in [-0.3, -0.25) is 4.79 Å². The smallest absolute Gasteiger partial charge is 0.338 e. The van der Waals surface area contributed by atoms with Crippen LogP contribution in [0.4, 0.5) is 5.69 Å². The molecule has 0 heterocycles. The third-order valence-electron chi connectivity index (χ3n) is 4.09. The number of methoxy groups -OCH3 is 3. The Morgan fingerprint density at radius 2 is 1.41 bits per heavy atom. The maximum atomic E-state index is 12.3. The minimum absolute atomic E-state index is 0.0318. The van der Waals surface area contributed by atoms with Gasteiger partial charge in [-0.2, -0.15) is 0 Å². The Morgan fingerprint density at radius 3 is 1.94 bits per heavy atom. The molecule has 1 N–H and O–H groups in total. The highest BCUT2D eigenvalue weighted by atomic mass is 16.5. The molecule has 2 aromatic carbocycles. The van der Waals surface area contributed by atoms with Gasteiger partial charge in [-0.1, -0.05) is 0 Å². The average Bonchev–Trinajstić information content (AvgIpc) is 2.81. The molecule has 0 atom stereocenters. The van der Waals surface area contributed by atoms with Crippen LogP contribution in [0.15, 0.2) is 36.4 Å². The van der Waals surface area contributed by atoms with Gasteiger partial charge in [-0.25, -0.2) is 14.4 Å². The van der Waals surface area contributed by atoms with Crippen molar-refractivity contribution in [2.24, 2.45) is 0 Å². The molecule has 2 rings (SSSR count). The van der Waals surface area contributed by atoms with Gasteiger partial charge in [-0.05, 0) is 43.3 Å². The summed E-state index contributed by atoms with van der Waals surface area (Å²) in [5.41, 5.74) is 0.355. The van der Waals surface area contributed by atoms with Gasteiger partial charge in [0, 0.05) is 5.69 Å². The van der Waals surface area contributed by atoms with Crippen molar-refractivity contribution in [2.75, 3.05) is 39.9 Å². The van der Waals surface area contributed by atoms with Crippen LogP contribution < -0.4 is 14.8 Å². The van der Waals surface area contributed by atoms with Crippen LogP contribution in [0.3, 0.4) is 0 Å². The van der Waals surface area contributed by atoms with Crippen LogP contribution in [0.25, 0.3) is 0 Å². The maximum Gasteiger partial charge on any atom is 0.338 e. The fourth-order valence-electron chi connectivity index (χ4n) is 2.65. The quantitative estimate of drug-likeness (QED) is 0.457. The van der Waals surface area contributed by atoms with Crippen LogP contribution in [-0.2, 0) is 19.0 Å². The van der Waals surface area contributed by atoms with E-state index in [1.54, 1.807) is 13.0 Å². The van der Waals surface area contributed by atoms with Crippen molar-refractivity contribution in [3.63, 3.8) is 0 Å². The number of nitrogens with one attached hydrogen (secondary N) is 1. The SMILES string of the molecule is CCOc1cc(C(=O)OCC(=O)Nc2cc(C(=O)OC)cc(C(=O)OC)c2)ccc1OC. The first-order chi connectivity index (χ1) is 15.3. The second-order valence-electron chi connectivity index (χ2n) is 6.21. The number of esters is 3. The van der Waals surface area contributed by atoms with Crippen LogP contribution >= 0.6 is 0 Å². The van der Waals surface area contributed by atoms with Gasteiger partial charge < -0.3 is 29.0 Å². The summed E-state index contributed by atoms with van der Waals surface area (Å²) < 4.78 is 24.9. The van der Waals surface area contributed by atoms with E-state index in [9.17, 15) is 19.2 Å². The average molecular weight is 445 g/mol. The third-order valence-corrected chi connectivity index (χ3v) is 4.09. The zero-order valence-electron chi connectivity index (χ0n) is 18.1. The summed E-state index contributed by atoms with van der Waals surface area (Å²) in [6.07, 6.45) is 0. The number of benzene rings is 2. The molecular formula is C22H23NO9. The molecule has 1 amide bonds. The summed E-state index contributed by atoms with van der Waals surface area (Å²) in [6.45, 7) is 1.55. The minimum Gasteiger partial charge on any atom is -0.493 e. The van der Waals surface area contributed by atoms with Crippen molar-refractivity contribution in [1.29, 1.82) is 0 Å². The number of carbonyl (C=O) groups excluding carboxylic acids is 4. The van der Waals surface area contributed by atoms with Crippen molar-refractivity contribution in [2.45, 2.75) is 6.92 Å². The van der Waals surface area contributed by atoms with Crippen molar-refractivity contribution in [3.05, 3.63) is 53.1 Å². The molecule has 0 aliphatic heterocycles. The van der Waals surface area contributed by atoms with Gasteiger partial charge in [0.05, 0.1) is 44.6 Å². The lowest BCUT2D eigenvalue weighted by Gasteiger charge is -2.12. The molecule has 0 unspecified atom stereocenters. The molecule has 10 nitrogen and oxygen atoms in total. The fraction of sp³-hybridized carbons (Fsp3) is 0.273. The molecule has 0 aliphatic carbocycles. The molecule has 10 heteroatoms. The Morgan fingerprint density at radius 1 is 0.781 bits per heavy atom. The summed E-state index contributed by atoms with van der Waals surface area (Å²) in [5, 5.41) is 2.46. The summed E-state index contributed by atoms with van der Waals surface area (Å²) >= 11 is 0. The van der Waals surface area contributed by atoms with Crippen molar-refractivity contribution in [1.82, 2.24) is 0 Å². The Labute approximate surface area is 184 Å². The molecule has 0 bridgehead atoms. The van der Waals surface area contributed by atoms with Crippen LogP contribution in [0.5, 0.6) is 11.5 Å². The number of anilines is 1. The third kappa shape index (κ3) is 6.21. The molecule has 0 saturated heterocycles. The van der Waals surface area contributed by atoms with Gasteiger partial charge in [0.2, 0.25) is 0 Å². The lowest BCUT2D eigenvalue weighted by molar-refractivity contribution is -0.119. The Kier molecular flexibility index (Phi) is 8.58. The highest BCUT2D eigenvalue weighted by Gasteiger charge is 2.17. The number of ether oxygens (including phenoxy) is 5. The first-order valence-electron chi connectivity index (χ1n) is 9.42. The lowest BCUT2D eigenvalue weighted by Crippen LogP contribution is -2.21. The van der Waals surface area contributed by atoms with Gasteiger partial charge in [0.1, 0.15) is 0 Å². The molecule has 170 valence electrons. The summed E-state index contributed by atoms with van der Waals surface area (Å²) in [4.78, 5) is 48.2. The molecule has 0 saturated carbocycles. The zero-order valence-corrected chi connectivity index (χ0v) is 18.1. The standard InChI is InChI=1S/C22H23NO9/c1-5-31-18-11-13(6-7-17(18)28-2)22(27)32-12-19(24)23-16-9-14(20(25)29-3)8-15(10-16)21(26)30-4/h6-11H,5,12H2,1-4H3,(H,23,24). The van der Waals surface area contributed by atoms with Crippen molar-refractivity contribution in [3.8, 4) is 11.5 Å². The predicted molar refractivity (Wildman–Crippen MR) is 112 cm³/mol. The number of carbonyl (C=O) groups is 4. The zero-order chi connectivity index (χ0) is 23.7. The number of rotatable bonds is 9. The molecular weight excluding hydrogens is 422 g/mol. The van der Waals surface area contributed by atoms with Crippen LogP contribution in [-0.4, -0.2) is 58.4 Å². The molecule has 0 spiro atoms. The van der Waals surface area contributed by atoms with E-state index in [4.69, 9.17) is 14.2 Å². The molecule has 32 heavy (non-hydrogen) atoms. The molecule has 0 aromatic heterocycles. The van der Waals surface area contributed by atoms with E-state index in [1.807, 2.05) is 0 Å². The largest absolute Gasteiger partial charge is 0.493 e. The monoisotopic (exact) mass is 445 g/mol. The summed E-state index contributed by atoms with van der Waals surface area (Å²) in [5.74, 6) is -2.03. The van der Waals surface area contributed by atoms with E-state index in [-0.39, 0.29) is 22.4 Å². The Hall–Kier alpha value is -4.08. The van der Waals surface area contributed by atoms with E-state index in [2.05, 4.69) is 14.8 Å². The highest BCUT2D eigenvalue weighted by molar-refractivity contribution is 6.00. The highest BCUT2D eigenvalue weighted by Crippen LogP contribution is 2.28. The van der Waals surface area contributed by atoms with Gasteiger partial charge >= 0.3 is 17.9 Å².